The number of nitriles is 1. The van der Waals surface area contributed by atoms with E-state index >= 15 is 0 Å². The second-order valence-electron chi connectivity index (χ2n) is 6.70. The van der Waals surface area contributed by atoms with Crippen LogP contribution in [0.2, 0.25) is 0 Å². The van der Waals surface area contributed by atoms with E-state index in [0.717, 1.165) is 39.0 Å². The zero-order valence-electron chi connectivity index (χ0n) is 14.3. The van der Waals surface area contributed by atoms with Gasteiger partial charge in [0, 0.05) is 19.2 Å². The average Bonchev–Trinajstić information content (AvgIpc) is 2.46. The predicted octanol–water partition coefficient (Wildman–Crippen LogP) is 2.94. The quantitative estimate of drug-likeness (QED) is 0.710. The Morgan fingerprint density at radius 3 is 2.71 bits per heavy atom. The highest BCUT2D eigenvalue weighted by atomic mass is 16.5. The highest BCUT2D eigenvalue weighted by Crippen LogP contribution is 2.18. The van der Waals surface area contributed by atoms with Crippen LogP contribution in [0.1, 0.15) is 59.3 Å². The van der Waals surface area contributed by atoms with Gasteiger partial charge in [-0.15, -0.1) is 0 Å². The molecule has 2 unspecified atom stereocenters. The van der Waals surface area contributed by atoms with Gasteiger partial charge in [-0.3, -0.25) is 5.32 Å². The first kappa shape index (κ1) is 18.4. The van der Waals surface area contributed by atoms with Crippen molar-refractivity contribution in [2.75, 3.05) is 26.7 Å². The van der Waals surface area contributed by atoms with Gasteiger partial charge < -0.3 is 9.64 Å². The summed E-state index contributed by atoms with van der Waals surface area (Å²) in [6, 6.07) is 2.84. The van der Waals surface area contributed by atoms with Gasteiger partial charge in [-0.1, -0.05) is 6.92 Å². The lowest BCUT2D eigenvalue weighted by Crippen LogP contribution is -2.47. The molecule has 1 saturated heterocycles. The Kier molecular flexibility index (Phi) is 8.24. The van der Waals surface area contributed by atoms with E-state index in [2.05, 4.69) is 44.1 Å². The molecule has 1 N–H and O–H groups in total. The van der Waals surface area contributed by atoms with Crippen LogP contribution in [-0.2, 0) is 4.74 Å². The molecule has 1 rings (SSSR count). The van der Waals surface area contributed by atoms with E-state index in [0.29, 0.717) is 12.1 Å². The van der Waals surface area contributed by atoms with E-state index in [1.54, 1.807) is 0 Å². The second-order valence-corrected chi connectivity index (χ2v) is 6.70. The molecule has 0 aromatic heterocycles. The Bertz CT molecular complexity index is 320. The second kappa shape index (κ2) is 9.40. The summed E-state index contributed by atoms with van der Waals surface area (Å²) in [5.74, 6) is 0. The summed E-state index contributed by atoms with van der Waals surface area (Å²) in [6.07, 6.45) is 6.92. The minimum absolute atomic E-state index is 0.345. The van der Waals surface area contributed by atoms with Crippen LogP contribution < -0.4 is 5.32 Å². The van der Waals surface area contributed by atoms with E-state index in [1.807, 2.05) is 0 Å². The third kappa shape index (κ3) is 6.78. The Morgan fingerprint density at radius 1 is 1.43 bits per heavy atom. The number of hydrogen-bond donors (Lipinski definition) is 1. The Balaban J connectivity index is 2.30. The van der Waals surface area contributed by atoms with Crippen molar-refractivity contribution in [3.8, 4) is 6.07 Å². The summed E-state index contributed by atoms with van der Waals surface area (Å²) in [4.78, 5) is 2.35. The topological polar surface area (TPSA) is 48.3 Å². The Hall–Kier alpha value is -0.630. The van der Waals surface area contributed by atoms with E-state index in [9.17, 15) is 5.26 Å². The smallest absolute Gasteiger partial charge is 0.106 e. The first-order chi connectivity index (χ1) is 10.0. The average molecular weight is 295 g/mol. The van der Waals surface area contributed by atoms with Crippen LogP contribution >= 0.6 is 0 Å². The largest absolute Gasteiger partial charge is 0.377 e. The van der Waals surface area contributed by atoms with E-state index < -0.39 is 0 Å². The normalized spacial score (nSPS) is 22.2. The number of nitrogens with one attached hydrogen (secondary N) is 1. The molecule has 0 radical (unpaired) electrons. The van der Waals surface area contributed by atoms with E-state index in [4.69, 9.17) is 4.74 Å². The molecule has 1 aliphatic heterocycles. The van der Waals surface area contributed by atoms with Gasteiger partial charge in [0.15, 0.2) is 0 Å². The number of rotatable bonds is 9. The highest BCUT2D eigenvalue weighted by molar-refractivity contribution is 5.06. The third-order valence-electron chi connectivity index (χ3n) is 4.32. The van der Waals surface area contributed by atoms with Crippen LogP contribution in [0.4, 0.5) is 0 Å². The fourth-order valence-corrected chi connectivity index (χ4v) is 3.11. The summed E-state index contributed by atoms with van der Waals surface area (Å²) in [6.45, 7) is 9.28. The number of likely N-dealkylation sites (N-methyl/N-ethyl adjacent to an activating group) is 1. The van der Waals surface area contributed by atoms with Gasteiger partial charge >= 0.3 is 0 Å². The van der Waals surface area contributed by atoms with Gasteiger partial charge in [0.25, 0.3) is 0 Å². The maximum atomic E-state index is 9.51. The lowest BCUT2D eigenvalue weighted by atomic mass is 9.91. The molecule has 0 saturated carbocycles. The molecular weight excluding hydrogens is 262 g/mol. The number of ether oxygens (including phenoxy) is 1. The van der Waals surface area contributed by atoms with Crippen molar-refractivity contribution in [3.05, 3.63) is 0 Å². The van der Waals surface area contributed by atoms with Crippen LogP contribution in [0.5, 0.6) is 0 Å². The monoisotopic (exact) mass is 295 g/mol. The number of hydrogen-bond acceptors (Lipinski definition) is 4. The van der Waals surface area contributed by atoms with Gasteiger partial charge in [0.1, 0.15) is 5.54 Å². The first-order valence-corrected chi connectivity index (χ1v) is 8.50. The third-order valence-corrected chi connectivity index (χ3v) is 4.32. The molecule has 0 aliphatic carbocycles. The van der Waals surface area contributed by atoms with Crippen molar-refractivity contribution in [1.29, 1.82) is 5.26 Å². The van der Waals surface area contributed by atoms with Gasteiger partial charge in [0.2, 0.25) is 0 Å². The van der Waals surface area contributed by atoms with Crippen molar-refractivity contribution in [1.82, 2.24) is 10.2 Å². The zero-order valence-corrected chi connectivity index (χ0v) is 14.3. The van der Waals surface area contributed by atoms with Crippen molar-refractivity contribution in [2.24, 2.45) is 0 Å². The molecule has 0 bridgehead atoms. The van der Waals surface area contributed by atoms with Crippen LogP contribution in [0.25, 0.3) is 0 Å². The van der Waals surface area contributed by atoms with Crippen LogP contribution in [0.3, 0.4) is 0 Å². The van der Waals surface area contributed by atoms with Crippen molar-refractivity contribution in [3.63, 3.8) is 0 Å². The minimum atomic E-state index is -0.365. The fourth-order valence-electron chi connectivity index (χ4n) is 3.11. The molecule has 0 amide bonds. The Labute approximate surface area is 130 Å². The van der Waals surface area contributed by atoms with E-state index in [1.165, 1.54) is 19.3 Å². The molecule has 1 aliphatic rings. The summed E-state index contributed by atoms with van der Waals surface area (Å²) >= 11 is 0. The summed E-state index contributed by atoms with van der Waals surface area (Å²) in [5.41, 5.74) is -0.365. The highest BCUT2D eigenvalue weighted by Gasteiger charge is 2.28. The first-order valence-electron chi connectivity index (χ1n) is 8.50. The van der Waals surface area contributed by atoms with Crippen molar-refractivity contribution < 1.29 is 4.74 Å². The van der Waals surface area contributed by atoms with Gasteiger partial charge in [-0.05, 0) is 66.0 Å². The van der Waals surface area contributed by atoms with Gasteiger partial charge in [0.05, 0.1) is 12.2 Å². The molecule has 122 valence electrons. The summed E-state index contributed by atoms with van der Waals surface area (Å²) < 4.78 is 5.78. The van der Waals surface area contributed by atoms with Crippen molar-refractivity contribution >= 4 is 0 Å². The zero-order chi connectivity index (χ0) is 15.7. The molecule has 0 spiro atoms. The number of nitrogens with zero attached hydrogens (tertiary/aromatic N) is 2. The SMILES string of the molecule is CCC(C#N)(CCCN(C)CC1CCCCO1)NC(C)C. The lowest BCUT2D eigenvalue weighted by molar-refractivity contribution is -0.00176. The lowest BCUT2D eigenvalue weighted by Gasteiger charge is -2.31. The van der Waals surface area contributed by atoms with Crippen LogP contribution in [0, 0.1) is 11.3 Å². The predicted molar refractivity (Wildman–Crippen MR) is 87.2 cm³/mol. The van der Waals surface area contributed by atoms with Crippen LogP contribution in [-0.4, -0.2) is 49.3 Å². The molecule has 0 aromatic rings. The standard InChI is InChI=1S/C17H33N3O/c1-5-17(14-18,19-15(2)3)10-8-11-20(4)13-16-9-6-7-12-21-16/h15-16,19H,5-13H2,1-4H3. The molecule has 2 atom stereocenters. The minimum Gasteiger partial charge on any atom is -0.377 e. The molecule has 1 heterocycles. The fraction of sp³-hybridized carbons (Fsp3) is 0.941. The van der Waals surface area contributed by atoms with Gasteiger partial charge in [-0.2, -0.15) is 5.26 Å². The van der Waals surface area contributed by atoms with Crippen LogP contribution in [0.15, 0.2) is 0 Å². The molecule has 0 aromatic carbocycles. The Morgan fingerprint density at radius 2 is 2.19 bits per heavy atom. The molecule has 1 fully saturated rings. The molecular formula is C17H33N3O. The van der Waals surface area contributed by atoms with E-state index in [-0.39, 0.29) is 5.54 Å². The summed E-state index contributed by atoms with van der Waals surface area (Å²) in [5, 5.41) is 12.9. The molecule has 4 heteroatoms. The molecule has 4 nitrogen and oxygen atoms in total. The maximum Gasteiger partial charge on any atom is 0.106 e. The van der Waals surface area contributed by atoms with Gasteiger partial charge in [-0.25, -0.2) is 0 Å². The maximum absolute atomic E-state index is 9.51. The van der Waals surface area contributed by atoms with Crippen molar-refractivity contribution in [2.45, 2.75) is 77.0 Å². The summed E-state index contributed by atoms with van der Waals surface area (Å²) in [7, 11) is 2.16. The molecule has 21 heavy (non-hydrogen) atoms.